The molecule has 1 aliphatic heterocycles. The largest absolute Gasteiger partial charge is 0.338 e. The highest BCUT2D eigenvalue weighted by Gasteiger charge is 2.36. The summed E-state index contributed by atoms with van der Waals surface area (Å²) in [7, 11) is 0. The van der Waals surface area contributed by atoms with Crippen molar-refractivity contribution in [1.29, 1.82) is 0 Å². The normalized spacial score (nSPS) is 12.6. The summed E-state index contributed by atoms with van der Waals surface area (Å²) in [5.41, 5.74) is 1.25. The molecule has 0 aliphatic carbocycles. The summed E-state index contributed by atoms with van der Waals surface area (Å²) in [4.78, 5) is 47.9. The summed E-state index contributed by atoms with van der Waals surface area (Å²) < 4.78 is 0. The second kappa shape index (κ2) is 10.3. The molecule has 4 amide bonds. The molecule has 0 saturated heterocycles. The van der Waals surface area contributed by atoms with E-state index >= 15 is 0 Å². The summed E-state index contributed by atoms with van der Waals surface area (Å²) >= 11 is 0. The first-order valence-electron chi connectivity index (χ1n) is 10.2. The van der Waals surface area contributed by atoms with Gasteiger partial charge in [0.05, 0.1) is 16.1 Å². The molecule has 0 saturated carbocycles. The molecule has 0 atom stereocenters. The zero-order chi connectivity index (χ0) is 22.2. The summed E-state index contributed by atoms with van der Waals surface area (Å²) in [6, 6.07) is 13.5. The number of nitro groups is 1. The molecular weight excluding hydrogens is 400 g/mol. The lowest BCUT2D eigenvalue weighted by Gasteiger charge is -2.14. The van der Waals surface area contributed by atoms with E-state index in [1.54, 1.807) is 0 Å². The van der Waals surface area contributed by atoms with Crippen LogP contribution in [0.4, 0.5) is 10.5 Å². The summed E-state index contributed by atoms with van der Waals surface area (Å²) in [6.07, 6.45) is 3.19. The number of unbranched alkanes of at least 4 members (excludes halogenated alkanes) is 1. The van der Waals surface area contributed by atoms with E-state index in [0.717, 1.165) is 30.2 Å². The average molecular weight is 424 g/mol. The first kappa shape index (κ1) is 21.9. The van der Waals surface area contributed by atoms with Gasteiger partial charge in [-0.05, 0) is 37.3 Å². The van der Waals surface area contributed by atoms with Crippen molar-refractivity contribution < 1.29 is 19.3 Å². The summed E-state index contributed by atoms with van der Waals surface area (Å²) in [5.74, 6) is -1.02. The van der Waals surface area contributed by atoms with Gasteiger partial charge in [0.2, 0.25) is 0 Å². The number of aryl methyl sites for hydroxylation is 1. The summed E-state index contributed by atoms with van der Waals surface area (Å²) in [5, 5.41) is 16.4. The van der Waals surface area contributed by atoms with Gasteiger partial charge in [-0.25, -0.2) is 4.79 Å². The van der Waals surface area contributed by atoms with E-state index in [2.05, 4.69) is 22.8 Å². The number of benzene rings is 2. The van der Waals surface area contributed by atoms with Crippen LogP contribution < -0.4 is 10.6 Å². The van der Waals surface area contributed by atoms with Gasteiger partial charge in [-0.3, -0.25) is 24.6 Å². The van der Waals surface area contributed by atoms with Crippen LogP contribution in [0.5, 0.6) is 0 Å². The molecule has 31 heavy (non-hydrogen) atoms. The zero-order valence-corrected chi connectivity index (χ0v) is 17.0. The molecule has 0 bridgehead atoms. The third-order valence-electron chi connectivity index (χ3n) is 5.03. The van der Waals surface area contributed by atoms with Crippen LogP contribution in [-0.2, 0) is 6.42 Å². The minimum Gasteiger partial charge on any atom is -0.338 e. The maximum atomic E-state index is 12.4. The number of fused-ring (bicyclic) bond motifs is 1. The zero-order valence-electron chi connectivity index (χ0n) is 17.0. The summed E-state index contributed by atoms with van der Waals surface area (Å²) in [6.45, 7) is 0.983. The Hall–Kier alpha value is -3.75. The van der Waals surface area contributed by atoms with E-state index in [1.807, 2.05) is 18.2 Å². The molecule has 2 N–H and O–H groups in total. The van der Waals surface area contributed by atoms with Crippen LogP contribution in [-0.4, -0.2) is 47.3 Å². The van der Waals surface area contributed by atoms with Gasteiger partial charge in [-0.15, -0.1) is 0 Å². The number of rotatable bonds is 10. The monoisotopic (exact) mass is 424 g/mol. The quantitative estimate of drug-likeness (QED) is 0.263. The van der Waals surface area contributed by atoms with Crippen LogP contribution in [0.1, 0.15) is 45.5 Å². The third kappa shape index (κ3) is 5.65. The van der Waals surface area contributed by atoms with Crippen molar-refractivity contribution in [3.05, 3.63) is 75.3 Å². The molecule has 162 valence electrons. The van der Waals surface area contributed by atoms with Crippen molar-refractivity contribution in [2.45, 2.75) is 25.7 Å². The highest BCUT2D eigenvalue weighted by molar-refractivity contribution is 6.21. The fourth-order valence-electron chi connectivity index (χ4n) is 3.40. The number of nitro benzene ring substituents is 1. The molecule has 2 aromatic carbocycles. The van der Waals surface area contributed by atoms with Gasteiger partial charge in [0, 0.05) is 31.8 Å². The topological polar surface area (TPSA) is 122 Å². The Balaban J connectivity index is 1.33. The molecule has 2 aromatic rings. The molecule has 0 spiro atoms. The van der Waals surface area contributed by atoms with Crippen molar-refractivity contribution in [2.24, 2.45) is 0 Å². The lowest BCUT2D eigenvalue weighted by Crippen LogP contribution is -2.38. The Bertz CT molecular complexity index is 977. The molecule has 9 heteroatoms. The van der Waals surface area contributed by atoms with Gasteiger partial charge < -0.3 is 10.6 Å². The lowest BCUT2D eigenvalue weighted by atomic mass is 10.1. The molecule has 0 fully saturated rings. The number of hydrogen-bond acceptors (Lipinski definition) is 5. The van der Waals surface area contributed by atoms with Gasteiger partial charge in [0.15, 0.2) is 0 Å². The standard InChI is InChI=1S/C22H24N4O5/c27-20-18-11-10-17(26(30)31)15-19(18)21(28)25(20)14-6-13-24-22(29)23-12-5-4-9-16-7-2-1-3-8-16/h1-3,7-8,10-11,15H,4-6,9,12-14H2,(H2,23,24,29). The minimum absolute atomic E-state index is 0.0420. The second-order valence-corrected chi connectivity index (χ2v) is 7.23. The highest BCUT2D eigenvalue weighted by atomic mass is 16.6. The number of carbonyl (C=O) groups is 3. The molecule has 1 aliphatic rings. The van der Waals surface area contributed by atoms with Gasteiger partial charge in [0.25, 0.3) is 17.5 Å². The van der Waals surface area contributed by atoms with Crippen molar-refractivity contribution >= 4 is 23.5 Å². The highest BCUT2D eigenvalue weighted by Crippen LogP contribution is 2.26. The van der Waals surface area contributed by atoms with Crippen molar-refractivity contribution in [3.8, 4) is 0 Å². The van der Waals surface area contributed by atoms with Crippen LogP contribution in [0.25, 0.3) is 0 Å². The van der Waals surface area contributed by atoms with Gasteiger partial charge in [-0.1, -0.05) is 30.3 Å². The molecule has 0 unspecified atom stereocenters. The van der Waals surface area contributed by atoms with Crippen LogP contribution >= 0.6 is 0 Å². The number of imide groups is 1. The van der Waals surface area contributed by atoms with Crippen molar-refractivity contribution in [3.63, 3.8) is 0 Å². The second-order valence-electron chi connectivity index (χ2n) is 7.23. The van der Waals surface area contributed by atoms with Crippen LogP contribution in [0.2, 0.25) is 0 Å². The molecule has 9 nitrogen and oxygen atoms in total. The number of urea groups is 1. The third-order valence-corrected chi connectivity index (χ3v) is 5.03. The van der Waals surface area contributed by atoms with Gasteiger partial charge in [0.1, 0.15) is 0 Å². The fourth-order valence-corrected chi connectivity index (χ4v) is 3.40. The lowest BCUT2D eigenvalue weighted by molar-refractivity contribution is -0.384. The SMILES string of the molecule is O=C(NCCCCc1ccccc1)NCCCN1C(=O)c2ccc([N+](=O)[O-])cc2C1=O. The van der Waals surface area contributed by atoms with Crippen LogP contribution in [0, 0.1) is 10.1 Å². The minimum atomic E-state index is -0.606. The first-order valence-corrected chi connectivity index (χ1v) is 10.2. The number of carbonyl (C=O) groups excluding carboxylic acids is 3. The Labute approximate surface area is 179 Å². The smallest absolute Gasteiger partial charge is 0.314 e. The molecule has 0 radical (unpaired) electrons. The van der Waals surface area contributed by atoms with Crippen LogP contribution in [0.15, 0.2) is 48.5 Å². The molecule has 3 rings (SSSR count). The Kier molecular flexibility index (Phi) is 7.31. The molecular formula is C22H24N4O5. The van der Waals surface area contributed by atoms with Crippen LogP contribution in [0.3, 0.4) is 0 Å². The number of amides is 4. The first-order chi connectivity index (χ1) is 15.0. The van der Waals surface area contributed by atoms with E-state index in [9.17, 15) is 24.5 Å². The predicted molar refractivity (Wildman–Crippen MR) is 114 cm³/mol. The number of nitrogens with zero attached hydrogens (tertiary/aromatic N) is 2. The number of non-ortho nitro benzene ring substituents is 1. The predicted octanol–water partition coefficient (Wildman–Crippen LogP) is 2.90. The number of nitrogens with one attached hydrogen (secondary N) is 2. The Morgan fingerprint density at radius 2 is 1.58 bits per heavy atom. The maximum absolute atomic E-state index is 12.4. The fraction of sp³-hybridized carbons (Fsp3) is 0.318. The van der Waals surface area contributed by atoms with E-state index in [0.29, 0.717) is 19.5 Å². The molecule has 1 heterocycles. The maximum Gasteiger partial charge on any atom is 0.314 e. The van der Waals surface area contributed by atoms with Gasteiger partial charge >= 0.3 is 6.03 Å². The van der Waals surface area contributed by atoms with Gasteiger partial charge in [-0.2, -0.15) is 0 Å². The van der Waals surface area contributed by atoms with E-state index in [1.165, 1.54) is 17.7 Å². The Morgan fingerprint density at radius 1 is 0.903 bits per heavy atom. The van der Waals surface area contributed by atoms with Crippen molar-refractivity contribution in [1.82, 2.24) is 15.5 Å². The van der Waals surface area contributed by atoms with E-state index < -0.39 is 16.7 Å². The molecule has 0 aromatic heterocycles. The number of hydrogen-bond donors (Lipinski definition) is 2. The van der Waals surface area contributed by atoms with Crippen molar-refractivity contribution in [2.75, 3.05) is 19.6 Å². The van der Waals surface area contributed by atoms with E-state index in [-0.39, 0.29) is 29.4 Å². The Morgan fingerprint density at radius 3 is 2.29 bits per heavy atom. The average Bonchev–Trinajstić information content (AvgIpc) is 3.01. The van der Waals surface area contributed by atoms with E-state index in [4.69, 9.17) is 0 Å².